The zero-order chi connectivity index (χ0) is 20.7. The number of amides is 2. The van der Waals surface area contributed by atoms with Gasteiger partial charge < -0.3 is 16.4 Å². The molecule has 3 heterocycles. The Morgan fingerprint density at radius 2 is 2.00 bits per heavy atom. The highest BCUT2D eigenvalue weighted by atomic mass is 16.2. The number of imide groups is 1. The van der Waals surface area contributed by atoms with Crippen molar-refractivity contribution in [3.63, 3.8) is 0 Å². The third kappa shape index (κ3) is 3.60. The highest BCUT2D eigenvalue weighted by Crippen LogP contribution is 2.27. The molecular formula is C20H20N8O2. The van der Waals surface area contributed by atoms with Gasteiger partial charge in [-0.25, -0.2) is 0 Å². The summed E-state index contributed by atoms with van der Waals surface area (Å²) in [6.07, 6.45) is 5.47. The maximum absolute atomic E-state index is 11.9. The molecule has 0 unspecified atom stereocenters. The van der Waals surface area contributed by atoms with E-state index in [1.54, 1.807) is 16.8 Å². The summed E-state index contributed by atoms with van der Waals surface area (Å²) in [5.41, 5.74) is 9.08. The van der Waals surface area contributed by atoms with Crippen LogP contribution in [0.5, 0.6) is 0 Å². The number of nitrogens with zero attached hydrogens (tertiary/aromatic N) is 4. The summed E-state index contributed by atoms with van der Waals surface area (Å²) in [7, 11) is 0. The van der Waals surface area contributed by atoms with E-state index in [0.29, 0.717) is 41.3 Å². The second-order valence-electron chi connectivity index (χ2n) is 7.37. The summed E-state index contributed by atoms with van der Waals surface area (Å²) < 4.78 is 1.61. The fraction of sp³-hybridized carbons (Fsp3) is 0.250. The van der Waals surface area contributed by atoms with Crippen LogP contribution >= 0.6 is 0 Å². The molecule has 1 aliphatic heterocycles. The fourth-order valence-corrected chi connectivity index (χ4v) is 3.22. The number of anilines is 3. The molecule has 0 radical (unpaired) electrons. The highest BCUT2D eigenvalue weighted by Gasteiger charge is 2.26. The molecule has 0 atom stereocenters. The number of carbonyl (C=O) groups is 2. The Balaban J connectivity index is 1.54. The quantitative estimate of drug-likeness (QED) is 0.356. The van der Waals surface area contributed by atoms with Gasteiger partial charge in [0.25, 0.3) is 5.91 Å². The van der Waals surface area contributed by atoms with E-state index < -0.39 is 0 Å². The molecule has 152 valence electrons. The number of hydrogen-bond acceptors (Lipinski definition) is 8. The summed E-state index contributed by atoms with van der Waals surface area (Å²) in [5, 5.41) is 13.2. The number of nitrogens with one attached hydrogen (secondary N) is 3. The number of rotatable bonds is 6. The number of benzene rings is 1. The molecule has 1 saturated carbocycles. The third-order valence-corrected chi connectivity index (χ3v) is 4.98. The minimum atomic E-state index is -0.386. The smallest absolute Gasteiger partial charge is 0.254 e. The zero-order valence-electron chi connectivity index (χ0n) is 16.1. The number of nitrogens with two attached hydrogens (primary N) is 1. The van der Waals surface area contributed by atoms with Gasteiger partial charge in [0, 0.05) is 29.4 Å². The van der Waals surface area contributed by atoms with Crippen LogP contribution in [0.15, 0.2) is 36.0 Å². The maximum atomic E-state index is 11.9. The molecule has 2 aliphatic rings. The van der Waals surface area contributed by atoms with Crippen LogP contribution in [0, 0.1) is 0 Å². The standard InChI is InChI=1S/C20H20N8O2/c21-9-11-1-3-14(4-2-11)23-19-26-17-13(7-12-8-16(29)25-18(12)30)10-22-28(17)20(27-19)24-15-5-6-15/h1-4,7,10,15H,5-6,8-9,21H2,(H,25,29,30)(H2,23,24,26,27)/b12-7+. The zero-order valence-corrected chi connectivity index (χ0v) is 16.1. The number of carbonyl (C=O) groups excluding carboxylic acids is 2. The van der Waals surface area contributed by atoms with E-state index in [9.17, 15) is 9.59 Å². The Bertz CT molecular complexity index is 1180. The molecule has 2 amide bonds. The normalized spacial score (nSPS) is 17.6. The van der Waals surface area contributed by atoms with Crippen molar-refractivity contribution in [2.45, 2.75) is 31.8 Å². The van der Waals surface area contributed by atoms with Crippen LogP contribution in [-0.2, 0) is 16.1 Å². The minimum Gasteiger partial charge on any atom is -0.351 e. The monoisotopic (exact) mass is 404 g/mol. The Labute approximate surface area is 171 Å². The van der Waals surface area contributed by atoms with Gasteiger partial charge >= 0.3 is 0 Å². The molecule has 5 N–H and O–H groups in total. The Kier molecular flexibility index (Phi) is 4.40. The molecule has 0 spiro atoms. The first-order valence-corrected chi connectivity index (χ1v) is 9.72. The predicted molar refractivity (Wildman–Crippen MR) is 111 cm³/mol. The molecule has 1 aliphatic carbocycles. The first kappa shape index (κ1) is 18.3. The van der Waals surface area contributed by atoms with E-state index in [0.717, 1.165) is 24.1 Å². The Morgan fingerprint density at radius 3 is 2.67 bits per heavy atom. The van der Waals surface area contributed by atoms with Crippen LogP contribution in [0.25, 0.3) is 11.7 Å². The summed E-state index contributed by atoms with van der Waals surface area (Å²) >= 11 is 0. The van der Waals surface area contributed by atoms with E-state index in [1.807, 2.05) is 24.3 Å². The first-order chi connectivity index (χ1) is 14.6. The topological polar surface area (TPSA) is 139 Å². The van der Waals surface area contributed by atoms with Gasteiger partial charge in [-0.3, -0.25) is 14.9 Å². The molecule has 5 rings (SSSR count). The lowest BCUT2D eigenvalue weighted by atomic mass is 10.1. The van der Waals surface area contributed by atoms with E-state index in [4.69, 9.17) is 5.73 Å². The van der Waals surface area contributed by atoms with Crippen molar-refractivity contribution in [2.75, 3.05) is 10.6 Å². The molecule has 3 aromatic rings. The van der Waals surface area contributed by atoms with Crippen molar-refractivity contribution >= 4 is 41.1 Å². The number of fused-ring (bicyclic) bond motifs is 1. The molecule has 1 saturated heterocycles. The summed E-state index contributed by atoms with van der Waals surface area (Å²) in [6, 6.07) is 8.07. The fourth-order valence-electron chi connectivity index (χ4n) is 3.22. The van der Waals surface area contributed by atoms with Crippen molar-refractivity contribution in [2.24, 2.45) is 5.73 Å². The summed E-state index contributed by atoms with van der Waals surface area (Å²) in [5.74, 6) is 0.276. The highest BCUT2D eigenvalue weighted by molar-refractivity contribution is 6.15. The van der Waals surface area contributed by atoms with Gasteiger partial charge in [-0.1, -0.05) is 12.1 Å². The van der Waals surface area contributed by atoms with Crippen LogP contribution in [0.4, 0.5) is 17.6 Å². The lowest BCUT2D eigenvalue weighted by Crippen LogP contribution is -2.19. The van der Waals surface area contributed by atoms with Crippen molar-refractivity contribution in [1.29, 1.82) is 0 Å². The van der Waals surface area contributed by atoms with E-state index >= 15 is 0 Å². The lowest BCUT2D eigenvalue weighted by molar-refractivity contribution is -0.124. The molecule has 10 heteroatoms. The van der Waals surface area contributed by atoms with Gasteiger partial charge in [0.05, 0.1) is 12.6 Å². The minimum absolute atomic E-state index is 0.0486. The first-order valence-electron chi connectivity index (χ1n) is 9.72. The van der Waals surface area contributed by atoms with Crippen LogP contribution < -0.4 is 21.7 Å². The van der Waals surface area contributed by atoms with Crippen molar-refractivity contribution in [3.8, 4) is 0 Å². The van der Waals surface area contributed by atoms with Gasteiger partial charge in [0.2, 0.25) is 17.8 Å². The number of hydrogen-bond donors (Lipinski definition) is 4. The van der Waals surface area contributed by atoms with Crippen LogP contribution in [0.1, 0.15) is 30.4 Å². The molecular weight excluding hydrogens is 384 g/mol. The second-order valence-corrected chi connectivity index (χ2v) is 7.37. The van der Waals surface area contributed by atoms with Crippen molar-refractivity contribution in [3.05, 3.63) is 47.2 Å². The molecule has 30 heavy (non-hydrogen) atoms. The van der Waals surface area contributed by atoms with Gasteiger partial charge in [-0.2, -0.15) is 19.6 Å². The van der Waals surface area contributed by atoms with Crippen molar-refractivity contribution < 1.29 is 9.59 Å². The van der Waals surface area contributed by atoms with Gasteiger partial charge in [-0.05, 0) is 36.6 Å². The SMILES string of the molecule is NCc1ccc(Nc2nc(NC3CC3)n3ncc(/C=C4\CC(=O)NC4=O)c3n2)cc1. The lowest BCUT2D eigenvalue weighted by Gasteiger charge is -2.10. The van der Waals surface area contributed by atoms with Gasteiger partial charge in [-0.15, -0.1) is 0 Å². The van der Waals surface area contributed by atoms with Crippen LogP contribution in [0.3, 0.4) is 0 Å². The maximum Gasteiger partial charge on any atom is 0.254 e. The Morgan fingerprint density at radius 1 is 1.20 bits per heavy atom. The average molecular weight is 404 g/mol. The number of aromatic nitrogens is 4. The summed E-state index contributed by atoms with van der Waals surface area (Å²) in [6.45, 7) is 0.474. The van der Waals surface area contributed by atoms with Crippen molar-refractivity contribution in [1.82, 2.24) is 24.9 Å². The summed E-state index contributed by atoms with van der Waals surface area (Å²) in [4.78, 5) is 32.6. The van der Waals surface area contributed by atoms with Crippen LogP contribution in [-0.4, -0.2) is 37.4 Å². The van der Waals surface area contributed by atoms with Gasteiger partial charge in [0.15, 0.2) is 5.65 Å². The molecule has 1 aromatic carbocycles. The third-order valence-electron chi connectivity index (χ3n) is 4.98. The molecule has 2 fully saturated rings. The molecule has 0 bridgehead atoms. The Hall–Kier alpha value is -3.79. The van der Waals surface area contributed by atoms with Gasteiger partial charge in [0.1, 0.15) is 0 Å². The van der Waals surface area contributed by atoms with E-state index in [-0.39, 0.29) is 18.2 Å². The van der Waals surface area contributed by atoms with Crippen LogP contribution in [0.2, 0.25) is 0 Å². The second kappa shape index (κ2) is 7.23. The largest absolute Gasteiger partial charge is 0.351 e. The van der Waals surface area contributed by atoms with E-state index in [2.05, 4.69) is 31.0 Å². The molecule has 2 aromatic heterocycles. The predicted octanol–water partition coefficient (Wildman–Crippen LogP) is 1.33. The van der Waals surface area contributed by atoms with E-state index in [1.165, 1.54) is 0 Å². The molecule has 10 nitrogen and oxygen atoms in total. The average Bonchev–Trinajstić information content (AvgIpc) is 3.37.